The molecule has 0 aliphatic carbocycles. The van der Waals surface area contributed by atoms with Crippen LogP contribution in [0.4, 0.5) is 0 Å². The molecule has 12 heavy (non-hydrogen) atoms. The van der Waals surface area contributed by atoms with Crippen molar-refractivity contribution < 1.29 is 9.21 Å². The number of ketones is 1. The molecule has 1 heterocycles. The summed E-state index contributed by atoms with van der Waals surface area (Å²) in [4.78, 5) is 11.4. The quantitative estimate of drug-likeness (QED) is 0.508. The van der Waals surface area contributed by atoms with E-state index in [-0.39, 0.29) is 5.78 Å². The SMILES string of the molecule is C=C(C)CC(=O)c1ccoc1C. The summed E-state index contributed by atoms with van der Waals surface area (Å²) in [6, 6.07) is 1.70. The molecule has 1 aromatic rings. The summed E-state index contributed by atoms with van der Waals surface area (Å²) in [7, 11) is 0. The zero-order valence-corrected chi connectivity index (χ0v) is 7.39. The van der Waals surface area contributed by atoms with Crippen molar-refractivity contribution in [2.45, 2.75) is 20.3 Å². The highest BCUT2D eigenvalue weighted by Crippen LogP contribution is 2.13. The molecule has 0 aliphatic heterocycles. The lowest BCUT2D eigenvalue weighted by Crippen LogP contribution is -1.98. The van der Waals surface area contributed by atoms with Crippen molar-refractivity contribution in [1.82, 2.24) is 0 Å². The van der Waals surface area contributed by atoms with E-state index >= 15 is 0 Å². The standard InChI is InChI=1S/C10H12O2/c1-7(2)6-10(11)9-4-5-12-8(9)3/h4-5H,1,6H2,2-3H3. The Bertz CT molecular complexity index is 307. The summed E-state index contributed by atoms with van der Waals surface area (Å²) in [6.45, 7) is 7.31. The maximum absolute atomic E-state index is 11.4. The molecule has 2 heteroatoms. The van der Waals surface area contributed by atoms with Gasteiger partial charge in [-0.15, -0.1) is 0 Å². The minimum absolute atomic E-state index is 0.0775. The molecule has 0 aromatic carbocycles. The second kappa shape index (κ2) is 3.39. The summed E-state index contributed by atoms with van der Waals surface area (Å²) in [5.41, 5.74) is 1.54. The number of hydrogen-bond donors (Lipinski definition) is 0. The number of carbonyl (C=O) groups is 1. The van der Waals surface area contributed by atoms with E-state index in [2.05, 4.69) is 6.58 Å². The van der Waals surface area contributed by atoms with Gasteiger partial charge >= 0.3 is 0 Å². The monoisotopic (exact) mass is 164 g/mol. The van der Waals surface area contributed by atoms with Crippen molar-refractivity contribution in [3.63, 3.8) is 0 Å². The summed E-state index contributed by atoms with van der Waals surface area (Å²) >= 11 is 0. The van der Waals surface area contributed by atoms with Gasteiger partial charge in [0, 0.05) is 6.42 Å². The molecule has 0 unspecified atom stereocenters. The Kier molecular flexibility index (Phi) is 2.48. The van der Waals surface area contributed by atoms with E-state index < -0.39 is 0 Å². The number of hydrogen-bond acceptors (Lipinski definition) is 2. The number of furan rings is 1. The lowest BCUT2D eigenvalue weighted by atomic mass is 10.1. The van der Waals surface area contributed by atoms with Crippen LogP contribution in [0.5, 0.6) is 0 Å². The zero-order chi connectivity index (χ0) is 9.14. The molecule has 0 bridgehead atoms. The number of Topliss-reactive ketones (excluding diaryl/α,β-unsaturated/α-hetero) is 1. The molecule has 1 rings (SSSR count). The Hall–Kier alpha value is -1.31. The second-order valence-electron chi connectivity index (χ2n) is 2.95. The van der Waals surface area contributed by atoms with Gasteiger partial charge in [-0.1, -0.05) is 12.2 Å². The van der Waals surface area contributed by atoms with Crippen LogP contribution in [0.2, 0.25) is 0 Å². The van der Waals surface area contributed by atoms with Crippen LogP contribution < -0.4 is 0 Å². The number of rotatable bonds is 3. The van der Waals surface area contributed by atoms with Crippen LogP contribution >= 0.6 is 0 Å². The number of carbonyl (C=O) groups excluding carboxylic acids is 1. The Balaban J connectivity index is 2.78. The molecule has 0 saturated carbocycles. The highest BCUT2D eigenvalue weighted by Gasteiger charge is 2.10. The molecule has 0 N–H and O–H groups in total. The van der Waals surface area contributed by atoms with Gasteiger partial charge in [-0.05, 0) is 19.9 Å². The average Bonchev–Trinajstić information content (AvgIpc) is 2.33. The predicted molar refractivity (Wildman–Crippen MR) is 47.2 cm³/mol. The normalized spacial score (nSPS) is 9.83. The first-order chi connectivity index (χ1) is 5.61. The lowest BCUT2D eigenvalue weighted by molar-refractivity contribution is 0.0991. The summed E-state index contributed by atoms with van der Waals surface area (Å²) in [6.07, 6.45) is 1.93. The zero-order valence-electron chi connectivity index (χ0n) is 7.39. The van der Waals surface area contributed by atoms with E-state index in [0.29, 0.717) is 17.7 Å². The minimum atomic E-state index is 0.0775. The third kappa shape index (κ3) is 1.84. The van der Waals surface area contributed by atoms with Gasteiger partial charge in [-0.3, -0.25) is 4.79 Å². The van der Waals surface area contributed by atoms with E-state index in [1.165, 1.54) is 6.26 Å². The highest BCUT2D eigenvalue weighted by atomic mass is 16.3. The first-order valence-electron chi connectivity index (χ1n) is 3.83. The molecule has 0 radical (unpaired) electrons. The maximum atomic E-state index is 11.4. The summed E-state index contributed by atoms with van der Waals surface area (Å²) in [5, 5.41) is 0. The van der Waals surface area contributed by atoms with E-state index in [4.69, 9.17) is 4.42 Å². The van der Waals surface area contributed by atoms with E-state index in [1.807, 2.05) is 6.92 Å². The van der Waals surface area contributed by atoms with Crippen molar-refractivity contribution in [2.75, 3.05) is 0 Å². The van der Waals surface area contributed by atoms with Gasteiger partial charge < -0.3 is 4.42 Å². The number of allylic oxidation sites excluding steroid dienone is 1. The first-order valence-corrected chi connectivity index (χ1v) is 3.83. The first kappa shape index (κ1) is 8.78. The minimum Gasteiger partial charge on any atom is -0.469 e. The van der Waals surface area contributed by atoms with Crippen molar-refractivity contribution in [3.8, 4) is 0 Å². The predicted octanol–water partition coefficient (Wildman–Crippen LogP) is 2.74. The molecule has 0 amide bonds. The van der Waals surface area contributed by atoms with Crippen molar-refractivity contribution in [3.05, 3.63) is 35.8 Å². The fraction of sp³-hybridized carbons (Fsp3) is 0.300. The maximum Gasteiger partial charge on any atom is 0.170 e. The Morgan fingerprint density at radius 3 is 2.75 bits per heavy atom. The largest absolute Gasteiger partial charge is 0.469 e. The number of aryl methyl sites for hydroxylation is 1. The molecular formula is C10H12O2. The fourth-order valence-electron chi connectivity index (χ4n) is 1.04. The van der Waals surface area contributed by atoms with Crippen LogP contribution in [0.3, 0.4) is 0 Å². The molecule has 0 spiro atoms. The van der Waals surface area contributed by atoms with Gasteiger partial charge in [0.25, 0.3) is 0 Å². The van der Waals surface area contributed by atoms with Crippen LogP contribution in [0.25, 0.3) is 0 Å². The Morgan fingerprint density at radius 1 is 1.67 bits per heavy atom. The van der Waals surface area contributed by atoms with Gasteiger partial charge in [0.05, 0.1) is 11.8 Å². The van der Waals surface area contributed by atoms with Gasteiger partial charge in [0.15, 0.2) is 5.78 Å². The molecule has 1 aromatic heterocycles. The topological polar surface area (TPSA) is 30.2 Å². The van der Waals surface area contributed by atoms with Crippen LogP contribution in [-0.2, 0) is 0 Å². The molecule has 0 aliphatic rings. The Labute approximate surface area is 71.9 Å². The third-order valence-corrected chi connectivity index (χ3v) is 1.62. The Morgan fingerprint density at radius 2 is 2.33 bits per heavy atom. The van der Waals surface area contributed by atoms with Gasteiger partial charge in [0.1, 0.15) is 5.76 Å². The fourth-order valence-corrected chi connectivity index (χ4v) is 1.04. The van der Waals surface area contributed by atoms with Gasteiger partial charge in [0.2, 0.25) is 0 Å². The van der Waals surface area contributed by atoms with E-state index in [1.54, 1.807) is 13.0 Å². The molecular weight excluding hydrogens is 152 g/mol. The highest BCUT2D eigenvalue weighted by molar-refractivity contribution is 5.98. The molecule has 0 atom stereocenters. The van der Waals surface area contributed by atoms with Crippen molar-refractivity contribution in [1.29, 1.82) is 0 Å². The second-order valence-corrected chi connectivity index (χ2v) is 2.95. The van der Waals surface area contributed by atoms with E-state index in [0.717, 1.165) is 5.57 Å². The van der Waals surface area contributed by atoms with Crippen LogP contribution in [0, 0.1) is 6.92 Å². The molecule has 64 valence electrons. The summed E-state index contributed by atoms with van der Waals surface area (Å²) in [5.74, 6) is 0.759. The summed E-state index contributed by atoms with van der Waals surface area (Å²) < 4.78 is 5.02. The average molecular weight is 164 g/mol. The van der Waals surface area contributed by atoms with Gasteiger partial charge in [-0.25, -0.2) is 0 Å². The lowest BCUT2D eigenvalue weighted by Gasteiger charge is -1.96. The van der Waals surface area contributed by atoms with E-state index in [9.17, 15) is 4.79 Å². The smallest absolute Gasteiger partial charge is 0.170 e. The van der Waals surface area contributed by atoms with Crippen LogP contribution in [-0.4, -0.2) is 5.78 Å². The molecule has 0 saturated heterocycles. The molecule has 2 nitrogen and oxygen atoms in total. The van der Waals surface area contributed by atoms with Crippen LogP contribution in [0.1, 0.15) is 29.5 Å². The third-order valence-electron chi connectivity index (χ3n) is 1.62. The van der Waals surface area contributed by atoms with Crippen molar-refractivity contribution in [2.24, 2.45) is 0 Å². The van der Waals surface area contributed by atoms with Gasteiger partial charge in [-0.2, -0.15) is 0 Å². The van der Waals surface area contributed by atoms with Crippen molar-refractivity contribution >= 4 is 5.78 Å². The molecule has 0 fully saturated rings. The van der Waals surface area contributed by atoms with Crippen LogP contribution in [0.15, 0.2) is 28.9 Å².